The Bertz CT molecular complexity index is 2320. The summed E-state index contributed by atoms with van der Waals surface area (Å²) in [6.07, 6.45) is 4.11. The molecule has 6 rings (SSSR count). The Kier molecular flexibility index (Phi) is 15.2. The first-order chi connectivity index (χ1) is 29.4. The summed E-state index contributed by atoms with van der Waals surface area (Å²) in [6, 6.07) is 20.1. The van der Waals surface area contributed by atoms with Crippen molar-refractivity contribution in [3.63, 3.8) is 0 Å². The van der Waals surface area contributed by atoms with Crippen LogP contribution in [0.4, 0.5) is 0 Å². The van der Waals surface area contributed by atoms with E-state index in [1.807, 2.05) is 84.2 Å². The number of hydrogen-bond donors (Lipinski definition) is 9. The van der Waals surface area contributed by atoms with E-state index in [1.165, 1.54) is 18.3 Å². The van der Waals surface area contributed by atoms with Gasteiger partial charge in [-0.05, 0) is 84.8 Å². The molecule has 0 spiro atoms. The summed E-state index contributed by atoms with van der Waals surface area (Å²) in [6.45, 7) is 2.84. The predicted molar refractivity (Wildman–Crippen MR) is 236 cm³/mol. The number of thiophene rings is 1. The lowest BCUT2D eigenvalue weighted by Crippen LogP contribution is -2.65. The number of nitrogens with two attached hydrogens (primary N) is 2. The van der Waals surface area contributed by atoms with Crippen LogP contribution in [0.1, 0.15) is 55.7 Å². The van der Waals surface area contributed by atoms with E-state index >= 15 is 0 Å². The number of carbonyl (C=O) groups excluding carboxylic acids is 6. The van der Waals surface area contributed by atoms with Crippen molar-refractivity contribution in [1.82, 2.24) is 36.9 Å². The second kappa shape index (κ2) is 20.9. The fraction of sp³-hybridized carbons (Fsp3) is 0.378. The van der Waals surface area contributed by atoms with Gasteiger partial charge in [0, 0.05) is 54.5 Å². The maximum absolute atomic E-state index is 14.7. The molecule has 3 aromatic carbocycles. The highest BCUT2D eigenvalue weighted by Gasteiger charge is 2.41. The molecule has 5 aromatic rings. The third-order valence-corrected chi connectivity index (χ3v) is 12.2. The van der Waals surface area contributed by atoms with Gasteiger partial charge in [0.25, 0.3) is 0 Å². The number of primary amides is 1. The van der Waals surface area contributed by atoms with Crippen LogP contribution in [-0.2, 0) is 48.0 Å². The van der Waals surface area contributed by atoms with Crippen LogP contribution in [0.15, 0.2) is 90.4 Å². The number of unbranched alkanes of at least 4 members (excludes halogenated alkanes) is 1. The molecule has 0 unspecified atom stereocenters. The van der Waals surface area contributed by atoms with Gasteiger partial charge in [-0.25, -0.2) is 0 Å². The van der Waals surface area contributed by atoms with Crippen LogP contribution in [0.2, 0.25) is 0 Å². The van der Waals surface area contributed by atoms with Gasteiger partial charge in [-0.2, -0.15) is 0 Å². The van der Waals surface area contributed by atoms with Crippen LogP contribution in [0, 0.1) is 0 Å². The lowest BCUT2D eigenvalue weighted by atomic mass is 9.87. The average Bonchev–Trinajstić information content (AvgIpc) is 3.86. The molecule has 16 heteroatoms. The number of nitrogens with one attached hydrogen (secondary N) is 7. The molecule has 1 aliphatic heterocycles. The molecule has 11 N–H and O–H groups in total. The Balaban J connectivity index is 1.28. The number of aromatic nitrogens is 1. The molecule has 61 heavy (non-hydrogen) atoms. The number of para-hydroxylation sites is 1. The van der Waals surface area contributed by atoms with Crippen molar-refractivity contribution in [2.45, 2.75) is 88.0 Å². The quantitative estimate of drug-likeness (QED) is 0.0525. The first kappa shape index (κ1) is 44.5. The average molecular weight is 850 g/mol. The molecule has 0 saturated carbocycles. The Hall–Kier alpha value is -6.10. The third kappa shape index (κ3) is 11.8. The third-order valence-electron chi connectivity index (χ3n) is 11.2. The molecule has 4 atom stereocenters. The van der Waals surface area contributed by atoms with Crippen molar-refractivity contribution in [1.29, 1.82) is 0 Å². The summed E-state index contributed by atoms with van der Waals surface area (Å²) >= 11 is 1.52. The van der Waals surface area contributed by atoms with Crippen molar-refractivity contribution in [2.75, 3.05) is 19.6 Å². The Labute approximate surface area is 358 Å². The van der Waals surface area contributed by atoms with E-state index < -0.39 is 59.2 Å². The van der Waals surface area contributed by atoms with Gasteiger partial charge in [0.2, 0.25) is 35.4 Å². The molecule has 1 saturated heterocycles. The zero-order valence-electron chi connectivity index (χ0n) is 34.3. The van der Waals surface area contributed by atoms with E-state index in [-0.39, 0.29) is 38.0 Å². The first-order valence-electron chi connectivity index (χ1n) is 20.7. The van der Waals surface area contributed by atoms with E-state index in [0.717, 1.165) is 37.7 Å². The minimum atomic E-state index is -1.30. The Morgan fingerprint density at radius 3 is 2.02 bits per heavy atom. The summed E-state index contributed by atoms with van der Waals surface area (Å²) in [7, 11) is 0. The van der Waals surface area contributed by atoms with Crippen molar-refractivity contribution >= 4 is 67.8 Å². The zero-order chi connectivity index (χ0) is 43.4. The fourth-order valence-corrected chi connectivity index (χ4v) is 8.70. The van der Waals surface area contributed by atoms with Crippen molar-refractivity contribution in [3.8, 4) is 0 Å². The van der Waals surface area contributed by atoms with Crippen LogP contribution in [0.5, 0.6) is 0 Å². The smallest absolute Gasteiger partial charge is 0.243 e. The fourth-order valence-electron chi connectivity index (χ4n) is 7.73. The maximum atomic E-state index is 14.7. The molecule has 3 heterocycles. The summed E-state index contributed by atoms with van der Waals surface area (Å²) in [4.78, 5) is 84.4. The number of amides is 6. The lowest BCUT2D eigenvalue weighted by Gasteiger charge is -2.36. The minimum absolute atomic E-state index is 0.0357. The largest absolute Gasteiger partial charge is 0.368 e. The van der Waals surface area contributed by atoms with Gasteiger partial charge < -0.3 is 48.4 Å². The predicted octanol–water partition coefficient (Wildman–Crippen LogP) is 2.22. The van der Waals surface area contributed by atoms with E-state index in [9.17, 15) is 28.8 Å². The topological polar surface area (TPSA) is 242 Å². The molecule has 6 amide bonds. The second-order valence-corrected chi connectivity index (χ2v) is 16.6. The van der Waals surface area contributed by atoms with Gasteiger partial charge in [0.05, 0.1) is 6.04 Å². The van der Waals surface area contributed by atoms with Crippen molar-refractivity contribution in [3.05, 3.63) is 107 Å². The summed E-state index contributed by atoms with van der Waals surface area (Å²) in [5, 5.41) is 21.3. The van der Waals surface area contributed by atoms with Crippen molar-refractivity contribution in [2.24, 2.45) is 11.5 Å². The number of aromatic amines is 1. The van der Waals surface area contributed by atoms with Gasteiger partial charge in [-0.15, -0.1) is 11.3 Å². The van der Waals surface area contributed by atoms with Gasteiger partial charge in [-0.1, -0.05) is 66.7 Å². The first-order valence-corrected chi connectivity index (χ1v) is 21.6. The summed E-state index contributed by atoms with van der Waals surface area (Å²) in [5.74, 6) is -3.18. The molecular weight excluding hydrogens is 795 g/mol. The number of rotatable bonds is 20. The molecule has 15 nitrogen and oxygen atoms in total. The minimum Gasteiger partial charge on any atom is -0.368 e. The number of H-pyrrole nitrogens is 1. The van der Waals surface area contributed by atoms with E-state index in [0.29, 0.717) is 38.9 Å². The highest BCUT2D eigenvalue weighted by Crippen LogP contribution is 2.27. The van der Waals surface area contributed by atoms with E-state index in [1.54, 1.807) is 6.20 Å². The highest BCUT2D eigenvalue weighted by atomic mass is 32.1. The van der Waals surface area contributed by atoms with Gasteiger partial charge in [0.1, 0.15) is 23.7 Å². The van der Waals surface area contributed by atoms with Crippen LogP contribution in [-0.4, -0.2) is 89.8 Å². The highest BCUT2D eigenvalue weighted by molar-refractivity contribution is 7.17. The number of fused-ring (bicyclic) bond motifs is 2. The molecule has 322 valence electrons. The number of carbonyl (C=O) groups is 6. The van der Waals surface area contributed by atoms with Crippen LogP contribution < -0.4 is 43.4 Å². The standard InChI is InChI=1S/C45H55N9O6S/c1-28(55)49-20-10-9-15-34(46)40(56)51-38(25-31-27-61-39-17-8-6-14-33(31)39)42(58)53-37(24-30-26-50-35-16-7-5-13-32(30)35)41(57)52-36(23-29-11-3-2-4-12-29)43(59)54-45(44(47)60)18-21-48-22-19-45/h2-8,11-14,16-17,26-27,34,36-38,48,50H,9-10,15,18-25,46H2,1H3,(H2,47,60)(H,49,55)(H,51,56)(H,52,57)(H,53,58)(H,54,59)/t34-,36+,37-,38-/m1/s1. The van der Waals surface area contributed by atoms with Gasteiger partial charge in [0.15, 0.2) is 0 Å². The second-order valence-electron chi connectivity index (χ2n) is 15.7. The molecule has 0 bridgehead atoms. The molecule has 1 fully saturated rings. The number of hydrogen-bond acceptors (Lipinski definition) is 9. The van der Waals surface area contributed by atoms with Gasteiger partial charge in [-0.3, -0.25) is 28.8 Å². The van der Waals surface area contributed by atoms with Crippen LogP contribution in [0.25, 0.3) is 21.0 Å². The lowest BCUT2D eigenvalue weighted by molar-refractivity contribution is -0.136. The van der Waals surface area contributed by atoms with E-state index in [2.05, 4.69) is 36.9 Å². The number of piperidine rings is 1. The van der Waals surface area contributed by atoms with E-state index in [4.69, 9.17) is 11.5 Å². The molecule has 2 aromatic heterocycles. The molecule has 0 aliphatic carbocycles. The number of benzene rings is 3. The summed E-state index contributed by atoms with van der Waals surface area (Å²) in [5.41, 5.74) is 14.1. The Morgan fingerprint density at radius 1 is 0.721 bits per heavy atom. The maximum Gasteiger partial charge on any atom is 0.243 e. The summed E-state index contributed by atoms with van der Waals surface area (Å²) < 4.78 is 1.01. The molecular formula is C45H55N9O6S. The monoisotopic (exact) mass is 849 g/mol. The van der Waals surface area contributed by atoms with Crippen LogP contribution in [0.3, 0.4) is 0 Å². The zero-order valence-corrected chi connectivity index (χ0v) is 35.1. The normalized spacial score (nSPS) is 15.5. The molecule has 1 aliphatic rings. The van der Waals surface area contributed by atoms with Crippen LogP contribution >= 0.6 is 11.3 Å². The molecule has 0 radical (unpaired) electrons. The SMILES string of the molecule is CC(=O)NCCCC[C@@H](N)C(=O)N[C@H](Cc1csc2ccccc12)C(=O)N[C@H](Cc1c[nH]c2ccccc12)C(=O)N[C@@H](Cc1ccccc1)C(=O)NC1(C(N)=O)CCNCC1. The Morgan fingerprint density at radius 2 is 1.33 bits per heavy atom. The van der Waals surface area contributed by atoms with Gasteiger partial charge >= 0.3 is 0 Å². The van der Waals surface area contributed by atoms with Crippen molar-refractivity contribution < 1.29 is 28.8 Å².